The molecular weight excluding hydrogens is 207 g/mol. The molecule has 0 spiro atoms. The third-order valence-electron chi connectivity index (χ3n) is 2.83. The van der Waals surface area contributed by atoms with E-state index in [4.69, 9.17) is 5.26 Å². The summed E-state index contributed by atoms with van der Waals surface area (Å²) in [6.45, 7) is 2.05. The maximum atomic E-state index is 12.9. The molecule has 4 heteroatoms. The van der Waals surface area contributed by atoms with E-state index in [0.717, 1.165) is 18.5 Å². The van der Waals surface area contributed by atoms with Crippen molar-refractivity contribution in [2.24, 2.45) is 0 Å². The Hall–Kier alpha value is -1.44. The summed E-state index contributed by atoms with van der Waals surface area (Å²) in [5.74, 6) is -0.387. The van der Waals surface area contributed by atoms with E-state index in [2.05, 4.69) is 4.90 Å². The van der Waals surface area contributed by atoms with E-state index in [9.17, 15) is 9.50 Å². The van der Waals surface area contributed by atoms with Crippen LogP contribution in [0.15, 0.2) is 18.2 Å². The van der Waals surface area contributed by atoms with Crippen LogP contribution in [0.2, 0.25) is 0 Å². The van der Waals surface area contributed by atoms with E-state index in [1.807, 2.05) is 6.07 Å². The summed E-state index contributed by atoms with van der Waals surface area (Å²) < 4.78 is 12.9. The maximum absolute atomic E-state index is 12.9. The molecule has 1 atom stereocenters. The van der Waals surface area contributed by atoms with Crippen molar-refractivity contribution >= 4 is 0 Å². The lowest BCUT2D eigenvalue weighted by Gasteiger charge is -2.15. The van der Waals surface area contributed by atoms with Gasteiger partial charge < -0.3 is 5.11 Å². The minimum atomic E-state index is -0.387. The van der Waals surface area contributed by atoms with Crippen LogP contribution in [-0.2, 0) is 6.54 Å². The van der Waals surface area contributed by atoms with Crippen molar-refractivity contribution in [1.29, 1.82) is 5.26 Å². The molecule has 0 unspecified atom stereocenters. The van der Waals surface area contributed by atoms with Gasteiger partial charge in [-0.2, -0.15) is 5.26 Å². The fourth-order valence-corrected chi connectivity index (χ4v) is 1.99. The fourth-order valence-electron chi connectivity index (χ4n) is 1.99. The van der Waals surface area contributed by atoms with Gasteiger partial charge in [-0.1, -0.05) is 6.07 Å². The van der Waals surface area contributed by atoms with E-state index in [-0.39, 0.29) is 11.9 Å². The van der Waals surface area contributed by atoms with Crippen LogP contribution < -0.4 is 0 Å². The van der Waals surface area contributed by atoms with Gasteiger partial charge in [-0.05, 0) is 24.1 Å². The summed E-state index contributed by atoms with van der Waals surface area (Å²) in [5.41, 5.74) is 1.19. The highest BCUT2D eigenvalue weighted by Gasteiger charge is 2.20. The maximum Gasteiger partial charge on any atom is 0.124 e. The molecule has 3 nitrogen and oxygen atoms in total. The summed E-state index contributed by atoms with van der Waals surface area (Å²) in [4.78, 5) is 2.07. The van der Waals surface area contributed by atoms with Gasteiger partial charge in [0.15, 0.2) is 0 Å². The predicted octanol–water partition coefficient (Wildman–Crippen LogP) is 1.26. The third kappa shape index (κ3) is 2.38. The van der Waals surface area contributed by atoms with Gasteiger partial charge in [0, 0.05) is 19.6 Å². The summed E-state index contributed by atoms with van der Waals surface area (Å²) in [5, 5.41) is 18.3. The number of halogens is 1. The molecule has 0 bridgehead atoms. The van der Waals surface area contributed by atoms with E-state index < -0.39 is 0 Å². The molecule has 1 aliphatic heterocycles. The zero-order chi connectivity index (χ0) is 11.5. The molecule has 0 aromatic heterocycles. The molecule has 1 N–H and O–H groups in total. The number of benzene rings is 1. The van der Waals surface area contributed by atoms with E-state index in [1.54, 1.807) is 6.07 Å². The first-order valence-electron chi connectivity index (χ1n) is 5.28. The molecule has 1 saturated heterocycles. The Labute approximate surface area is 93.7 Å². The summed E-state index contributed by atoms with van der Waals surface area (Å²) in [6, 6.07) is 6.25. The summed E-state index contributed by atoms with van der Waals surface area (Å²) in [7, 11) is 0. The van der Waals surface area contributed by atoms with Gasteiger partial charge in [-0.25, -0.2) is 4.39 Å². The molecule has 0 aliphatic carbocycles. The third-order valence-corrected chi connectivity index (χ3v) is 2.83. The SMILES string of the molecule is N#Cc1cc(F)ccc1CN1CC[C@H](O)C1. The lowest BCUT2D eigenvalue weighted by Crippen LogP contribution is -2.22. The van der Waals surface area contributed by atoms with Gasteiger partial charge in [0.1, 0.15) is 5.82 Å². The number of likely N-dealkylation sites (tertiary alicyclic amines) is 1. The first kappa shape index (κ1) is 11.1. The van der Waals surface area contributed by atoms with Gasteiger partial charge in [0.05, 0.1) is 17.7 Å². The second-order valence-corrected chi connectivity index (χ2v) is 4.09. The van der Waals surface area contributed by atoms with Gasteiger partial charge >= 0.3 is 0 Å². The molecule has 16 heavy (non-hydrogen) atoms. The average Bonchev–Trinajstić information content (AvgIpc) is 2.67. The number of aliphatic hydroxyl groups is 1. The Morgan fingerprint density at radius 3 is 3.00 bits per heavy atom. The predicted molar refractivity (Wildman–Crippen MR) is 57.0 cm³/mol. The van der Waals surface area contributed by atoms with Crippen molar-refractivity contribution in [3.8, 4) is 6.07 Å². The molecule has 0 amide bonds. The zero-order valence-corrected chi connectivity index (χ0v) is 8.86. The van der Waals surface area contributed by atoms with Crippen molar-refractivity contribution in [3.63, 3.8) is 0 Å². The minimum absolute atomic E-state index is 0.272. The quantitative estimate of drug-likeness (QED) is 0.816. The Kier molecular flexibility index (Phi) is 3.18. The Morgan fingerprint density at radius 1 is 1.56 bits per heavy atom. The largest absolute Gasteiger partial charge is 0.392 e. The molecular formula is C12H13FN2O. The molecule has 1 fully saturated rings. The number of hydrogen-bond donors (Lipinski definition) is 1. The second-order valence-electron chi connectivity index (χ2n) is 4.09. The van der Waals surface area contributed by atoms with E-state index in [0.29, 0.717) is 18.7 Å². The van der Waals surface area contributed by atoms with Gasteiger partial charge in [-0.3, -0.25) is 4.90 Å². The smallest absolute Gasteiger partial charge is 0.124 e. The lowest BCUT2D eigenvalue weighted by atomic mass is 10.1. The molecule has 84 valence electrons. The first-order valence-corrected chi connectivity index (χ1v) is 5.28. The number of β-amino-alcohol motifs (C(OH)–C–C–N with tert-alkyl or cyclic N) is 1. The van der Waals surface area contributed by atoms with Crippen molar-refractivity contribution in [1.82, 2.24) is 4.90 Å². The summed E-state index contributed by atoms with van der Waals surface area (Å²) in [6.07, 6.45) is 0.495. The zero-order valence-electron chi connectivity index (χ0n) is 8.86. The van der Waals surface area contributed by atoms with Crippen LogP contribution in [0, 0.1) is 17.1 Å². The molecule has 0 saturated carbocycles. The van der Waals surface area contributed by atoms with Crippen LogP contribution in [0.3, 0.4) is 0 Å². The molecule has 1 heterocycles. The van der Waals surface area contributed by atoms with E-state index >= 15 is 0 Å². The van der Waals surface area contributed by atoms with Crippen LogP contribution >= 0.6 is 0 Å². The van der Waals surface area contributed by atoms with Crippen LogP contribution in [0.5, 0.6) is 0 Å². The average molecular weight is 220 g/mol. The van der Waals surface area contributed by atoms with Crippen LogP contribution in [0.25, 0.3) is 0 Å². The van der Waals surface area contributed by atoms with Crippen molar-refractivity contribution in [3.05, 3.63) is 35.1 Å². The molecule has 1 aromatic rings. The van der Waals surface area contributed by atoms with Crippen molar-refractivity contribution in [2.75, 3.05) is 13.1 Å². The number of nitrogens with zero attached hydrogens (tertiary/aromatic N) is 2. The van der Waals surface area contributed by atoms with Gasteiger partial charge in [0.25, 0.3) is 0 Å². The molecule has 2 rings (SSSR count). The lowest BCUT2D eigenvalue weighted by molar-refractivity contribution is 0.174. The highest BCUT2D eigenvalue weighted by molar-refractivity contribution is 5.37. The highest BCUT2D eigenvalue weighted by atomic mass is 19.1. The topological polar surface area (TPSA) is 47.3 Å². The standard InChI is InChI=1S/C12H13FN2O/c13-11-2-1-9(10(5-11)6-14)7-15-4-3-12(16)8-15/h1-2,5,12,16H,3-4,7-8H2/t12-/m0/s1. The van der Waals surface area contributed by atoms with Gasteiger partial charge in [0.2, 0.25) is 0 Å². The second kappa shape index (κ2) is 4.60. The minimum Gasteiger partial charge on any atom is -0.392 e. The summed E-state index contributed by atoms with van der Waals surface area (Å²) >= 11 is 0. The Balaban J connectivity index is 2.12. The Bertz CT molecular complexity index is 428. The molecule has 1 aliphatic rings. The van der Waals surface area contributed by atoms with Crippen LogP contribution in [0.1, 0.15) is 17.5 Å². The Morgan fingerprint density at radius 2 is 2.38 bits per heavy atom. The van der Waals surface area contributed by atoms with E-state index in [1.165, 1.54) is 12.1 Å². The van der Waals surface area contributed by atoms with Crippen LogP contribution in [0.4, 0.5) is 4.39 Å². The number of rotatable bonds is 2. The normalized spacial score (nSPS) is 20.9. The molecule has 1 aromatic carbocycles. The van der Waals surface area contributed by atoms with Crippen LogP contribution in [-0.4, -0.2) is 29.2 Å². The monoisotopic (exact) mass is 220 g/mol. The highest BCUT2D eigenvalue weighted by Crippen LogP contribution is 2.16. The molecule has 0 radical (unpaired) electrons. The number of hydrogen-bond acceptors (Lipinski definition) is 3. The van der Waals surface area contributed by atoms with Gasteiger partial charge in [-0.15, -0.1) is 0 Å². The van der Waals surface area contributed by atoms with Crippen molar-refractivity contribution < 1.29 is 9.50 Å². The van der Waals surface area contributed by atoms with Crippen molar-refractivity contribution in [2.45, 2.75) is 19.1 Å². The number of nitriles is 1. The fraction of sp³-hybridized carbons (Fsp3) is 0.417. The number of aliphatic hydroxyl groups excluding tert-OH is 1. The first-order chi connectivity index (χ1) is 7.69.